The molecule has 9 heteroatoms. The third-order valence-corrected chi connectivity index (χ3v) is 7.64. The first-order valence-corrected chi connectivity index (χ1v) is 15.4. The zero-order chi connectivity index (χ0) is 29.2. The molecule has 2 aliphatic heterocycles. The summed E-state index contributed by atoms with van der Waals surface area (Å²) in [6, 6.07) is 1.89. The maximum Gasteiger partial charge on any atom is 0.165 e. The van der Waals surface area contributed by atoms with Crippen molar-refractivity contribution in [1.29, 1.82) is 0 Å². The molecular weight excluding hydrogens is 525 g/mol. The minimum Gasteiger partial charge on any atom is -0.370 e. The Kier molecular flexibility index (Phi) is 12.2. The van der Waals surface area contributed by atoms with Crippen LogP contribution in [0.1, 0.15) is 94.9 Å². The van der Waals surface area contributed by atoms with Gasteiger partial charge in [-0.1, -0.05) is 52.3 Å². The molecule has 0 radical (unpaired) electrons. The van der Waals surface area contributed by atoms with Crippen molar-refractivity contribution in [2.24, 2.45) is 5.92 Å². The molecule has 2 aromatic heterocycles. The molecule has 1 atom stereocenters. The van der Waals surface area contributed by atoms with Gasteiger partial charge in [0.05, 0.1) is 5.69 Å². The van der Waals surface area contributed by atoms with Crippen LogP contribution in [-0.4, -0.2) is 47.7 Å². The number of alkyl halides is 1. The molecule has 1 saturated heterocycles. The first-order chi connectivity index (χ1) is 19.5. The lowest BCUT2D eigenvalue weighted by Crippen LogP contribution is -2.42. The van der Waals surface area contributed by atoms with E-state index in [2.05, 4.69) is 46.0 Å². The molecule has 0 bridgehead atoms. The van der Waals surface area contributed by atoms with E-state index in [1.54, 1.807) is 6.20 Å². The van der Waals surface area contributed by atoms with Crippen molar-refractivity contribution in [2.75, 3.05) is 36.9 Å². The van der Waals surface area contributed by atoms with Crippen LogP contribution in [0, 0.1) is 18.7 Å². The van der Waals surface area contributed by atoms with Crippen molar-refractivity contribution in [1.82, 2.24) is 25.6 Å². The molecule has 0 aromatic carbocycles. The maximum atomic E-state index is 14.2. The molecule has 220 valence electrons. The van der Waals surface area contributed by atoms with Gasteiger partial charge in [0.2, 0.25) is 0 Å². The monoisotopic (exact) mass is 571 g/mol. The molecule has 3 aliphatic rings. The standard InChI is InChI=1S/C27H35ClFN7.2C2H6/c1-4-17(7-12-31-26-21(29)13-16(2)14-33-26)25-34-23-22(20(18-5-6-18)15-32-24(23)28)27(35-25)36(3)19-8-10-30-11-9-19;2*1-2/h7,13-15,18-19,24,30,32H,4-6,8-12H2,1-3H3,(H,31,33);2*1-2H3/b17-7+;;. The molecule has 0 spiro atoms. The maximum absolute atomic E-state index is 14.2. The SMILES string of the molecule is CC.CC.CC/C(=C\CNc1ncc(C)cc1F)c1nc2c(c(N(C)C3CCNCC3)n1)C(C1CC1)=CNC2Cl. The highest BCUT2D eigenvalue weighted by Gasteiger charge is 2.37. The molecule has 7 nitrogen and oxygen atoms in total. The van der Waals surface area contributed by atoms with Crippen LogP contribution in [0.4, 0.5) is 16.0 Å². The van der Waals surface area contributed by atoms with E-state index < -0.39 is 5.50 Å². The van der Waals surface area contributed by atoms with Gasteiger partial charge in [-0.15, -0.1) is 0 Å². The minimum absolute atomic E-state index is 0.245. The van der Waals surface area contributed by atoms with Crippen molar-refractivity contribution >= 4 is 34.4 Å². The topological polar surface area (TPSA) is 78.0 Å². The Morgan fingerprint density at radius 3 is 2.48 bits per heavy atom. The van der Waals surface area contributed by atoms with Crippen LogP contribution in [0.2, 0.25) is 0 Å². The summed E-state index contributed by atoms with van der Waals surface area (Å²) >= 11 is 6.78. The number of anilines is 2. The zero-order valence-electron chi connectivity index (χ0n) is 25.2. The van der Waals surface area contributed by atoms with Crippen LogP contribution in [0.3, 0.4) is 0 Å². The Labute approximate surface area is 245 Å². The van der Waals surface area contributed by atoms with Crippen molar-refractivity contribution < 1.29 is 4.39 Å². The average molecular weight is 572 g/mol. The number of nitrogens with one attached hydrogen (secondary N) is 3. The van der Waals surface area contributed by atoms with Gasteiger partial charge in [-0.25, -0.2) is 19.3 Å². The number of nitrogens with zero attached hydrogens (tertiary/aromatic N) is 4. The first-order valence-electron chi connectivity index (χ1n) is 15.0. The normalized spacial score (nSPS) is 18.7. The van der Waals surface area contributed by atoms with E-state index in [0.717, 1.165) is 60.6 Å². The number of halogens is 2. The number of aromatic nitrogens is 3. The summed E-state index contributed by atoms with van der Waals surface area (Å²) in [5, 5.41) is 9.86. The highest BCUT2D eigenvalue weighted by Crippen LogP contribution is 2.48. The molecule has 4 heterocycles. The van der Waals surface area contributed by atoms with E-state index in [1.807, 2.05) is 40.7 Å². The quantitative estimate of drug-likeness (QED) is 0.231. The van der Waals surface area contributed by atoms with Crippen LogP contribution in [0.25, 0.3) is 11.1 Å². The van der Waals surface area contributed by atoms with Gasteiger partial charge in [0.1, 0.15) is 11.3 Å². The number of aryl methyl sites for hydroxylation is 1. The number of pyridine rings is 1. The zero-order valence-corrected chi connectivity index (χ0v) is 26.0. The lowest BCUT2D eigenvalue weighted by atomic mass is 9.96. The Hall–Kier alpha value is -2.71. The number of hydrogen-bond donors (Lipinski definition) is 3. The van der Waals surface area contributed by atoms with Gasteiger partial charge in [0, 0.05) is 37.6 Å². The molecular formula is C31H47ClFN7. The van der Waals surface area contributed by atoms with Crippen LogP contribution >= 0.6 is 11.6 Å². The second-order valence-electron chi connectivity index (χ2n) is 9.93. The van der Waals surface area contributed by atoms with E-state index in [9.17, 15) is 4.39 Å². The third-order valence-electron chi connectivity index (χ3n) is 7.30. The number of allylic oxidation sites excluding steroid dienone is 2. The fourth-order valence-corrected chi connectivity index (χ4v) is 5.27. The van der Waals surface area contributed by atoms with E-state index in [-0.39, 0.29) is 11.6 Å². The fraction of sp³-hybridized carbons (Fsp3) is 0.581. The number of piperidine rings is 1. The van der Waals surface area contributed by atoms with Gasteiger partial charge >= 0.3 is 0 Å². The van der Waals surface area contributed by atoms with Gasteiger partial charge in [0.25, 0.3) is 0 Å². The molecule has 3 N–H and O–H groups in total. The van der Waals surface area contributed by atoms with E-state index in [0.29, 0.717) is 24.3 Å². The Bertz CT molecular complexity index is 1170. The second kappa shape index (κ2) is 15.3. The van der Waals surface area contributed by atoms with Crippen molar-refractivity contribution in [3.8, 4) is 0 Å². The summed E-state index contributed by atoms with van der Waals surface area (Å²) < 4.78 is 14.2. The Balaban J connectivity index is 0.00000106. The molecule has 5 rings (SSSR count). The highest BCUT2D eigenvalue weighted by atomic mass is 35.5. The fourth-order valence-electron chi connectivity index (χ4n) is 5.05. The average Bonchev–Trinajstić information content (AvgIpc) is 3.84. The number of rotatable bonds is 8. The van der Waals surface area contributed by atoms with Gasteiger partial charge < -0.3 is 20.9 Å². The number of hydrogen-bond acceptors (Lipinski definition) is 7. The van der Waals surface area contributed by atoms with Gasteiger partial charge in [-0.3, -0.25) is 0 Å². The number of fused-ring (bicyclic) bond motifs is 1. The third kappa shape index (κ3) is 7.52. The van der Waals surface area contributed by atoms with Crippen LogP contribution in [0.5, 0.6) is 0 Å². The molecule has 1 unspecified atom stereocenters. The van der Waals surface area contributed by atoms with Gasteiger partial charge in [-0.2, -0.15) is 0 Å². The van der Waals surface area contributed by atoms with Crippen molar-refractivity contribution in [2.45, 2.75) is 85.2 Å². The van der Waals surface area contributed by atoms with Gasteiger partial charge in [0.15, 0.2) is 17.5 Å². The predicted octanol–water partition coefficient (Wildman–Crippen LogP) is 7.06. The van der Waals surface area contributed by atoms with Crippen LogP contribution in [0.15, 0.2) is 24.5 Å². The summed E-state index contributed by atoms with van der Waals surface area (Å²) in [5.41, 5.74) is 4.59. The largest absolute Gasteiger partial charge is 0.370 e. The van der Waals surface area contributed by atoms with E-state index >= 15 is 0 Å². The van der Waals surface area contributed by atoms with Crippen molar-refractivity contribution in [3.05, 3.63) is 53.0 Å². The molecule has 0 amide bonds. The summed E-state index contributed by atoms with van der Waals surface area (Å²) in [6.45, 7) is 14.3. The minimum atomic E-state index is -0.411. The molecule has 1 saturated carbocycles. The highest BCUT2D eigenvalue weighted by molar-refractivity contribution is 6.21. The second-order valence-corrected chi connectivity index (χ2v) is 10.4. The predicted molar refractivity (Wildman–Crippen MR) is 167 cm³/mol. The Morgan fingerprint density at radius 1 is 1.15 bits per heavy atom. The summed E-state index contributed by atoms with van der Waals surface area (Å²) in [4.78, 5) is 16.7. The summed E-state index contributed by atoms with van der Waals surface area (Å²) in [6.07, 6.45) is 11.0. The lowest BCUT2D eigenvalue weighted by molar-refractivity contribution is 0.441. The summed E-state index contributed by atoms with van der Waals surface area (Å²) in [7, 11) is 2.15. The van der Waals surface area contributed by atoms with E-state index in [1.165, 1.54) is 24.5 Å². The molecule has 2 aromatic rings. The smallest absolute Gasteiger partial charge is 0.165 e. The van der Waals surface area contributed by atoms with Crippen molar-refractivity contribution in [3.63, 3.8) is 0 Å². The first kappa shape index (κ1) is 31.8. The van der Waals surface area contributed by atoms with Crippen LogP contribution in [-0.2, 0) is 0 Å². The van der Waals surface area contributed by atoms with Crippen LogP contribution < -0.4 is 20.9 Å². The van der Waals surface area contributed by atoms with Gasteiger partial charge in [-0.05, 0) is 80.8 Å². The molecule has 40 heavy (non-hydrogen) atoms. The molecule has 2 fully saturated rings. The lowest BCUT2D eigenvalue weighted by Gasteiger charge is -2.36. The van der Waals surface area contributed by atoms with E-state index in [4.69, 9.17) is 21.6 Å². The summed E-state index contributed by atoms with van der Waals surface area (Å²) in [5.74, 6) is 2.07. The Morgan fingerprint density at radius 2 is 1.85 bits per heavy atom. The molecule has 1 aliphatic carbocycles.